The van der Waals surface area contributed by atoms with Crippen LogP contribution in [0.5, 0.6) is 0 Å². The molecule has 0 saturated carbocycles. The summed E-state index contributed by atoms with van der Waals surface area (Å²) in [5.41, 5.74) is 0.873. The van der Waals surface area contributed by atoms with Crippen LogP contribution in [-0.4, -0.2) is 30.6 Å². The average Bonchev–Trinajstić information content (AvgIpc) is 3.05. The second kappa shape index (κ2) is 6.89. The minimum absolute atomic E-state index is 0.0519. The Kier molecular flexibility index (Phi) is 4.91. The van der Waals surface area contributed by atoms with Gasteiger partial charge in [-0.1, -0.05) is 25.1 Å². The van der Waals surface area contributed by atoms with Gasteiger partial charge in [0.25, 0.3) is 0 Å². The summed E-state index contributed by atoms with van der Waals surface area (Å²) >= 11 is 0. The van der Waals surface area contributed by atoms with E-state index in [4.69, 9.17) is 0 Å². The molecule has 0 aliphatic carbocycles. The summed E-state index contributed by atoms with van der Waals surface area (Å²) in [5.74, 6) is 0.769. The second-order valence-electron chi connectivity index (χ2n) is 6.52. The predicted octanol–water partition coefficient (Wildman–Crippen LogP) is 3.74. The third-order valence-corrected chi connectivity index (χ3v) is 5.33. The Morgan fingerprint density at radius 1 is 1.24 bits per heavy atom. The molecule has 21 heavy (non-hydrogen) atoms. The van der Waals surface area contributed by atoms with Crippen LogP contribution in [0.25, 0.3) is 0 Å². The van der Waals surface area contributed by atoms with Crippen LogP contribution in [0.1, 0.15) is 50.6 Å². The summed E-state index contributed by atoms with van der Waals surface area (Å²) in [6.45, 7) is 5.57. The van der Waals surface area contributed by atoms with Crippen molar-refractivity contribution in [3.63, 3.8) is 0 Å². The molecule has 3 heteroatoms. The summed E-state index contributed by atoms with van der Waals surface area (Å²) < 4.78 is 14.1. The van der Waals surface area contributed by atoms with E-state index < -0.39 is 0 Å². The number of nitrogens with zero attached hydrogens (tertiary/aromatic N) is 1. The van der Waals surface area contributed by atoms with E-state index in [1.807, 2.05) is 12.1 Å². The molecule has 2 saturated heterocycles. The molecule has 1 N–H and O–H groups in total. The Hall–Kier alpha value is -0.930. The molecule has 2 unspecified atom stereocenters. The van der Waals surface area contributed by atoms with Crippen LogP contribution in [0, 0.1) is 11.7 Å². The van der Waals surface area contributed by atoms with Crippen LogP contribution >= 0.6 is 0 Å². The maximum absolute atomic E-state index is 14.1. The number of benzene rings is 1. The molecule has 0 radical (unpaired) electrons. The van der Waals surface area contributed by atoms with Crippen molar-refractivity contribution in [2.24, 2.45) is 5.92 Å². The highest BCUT2D eigenvalue weighted by molar-refractivity contribution is 5.21. The highest BCUT2D eigenvalue weighted by Crippen LogP contribution is 2.32. The van der Waals surface area contributed by atoms with Gasteiger partial charge in [0, 0.05) is 17.6 Å². The van der Waals surface area contributed by atoms with Crippen molar-refractivity contribution in [3.05, 3.63) is 35.6 Å². The van der Waals surface area contributed by atoms with Crippen LogP contribution in [0.3, 0.4) is 0 Å². The monoisotopic (exact) mass is 290 g/mol. The molecule has 0 bridgehead atoms. The van der Waals surface area contributed by atoms with E-state index in [1.165, 1.54) is 32.2 Å². The number of hydrogen-bond donors (Lipinski definition) is 1. The first kappa shape index (κ1) is 15.0. The summed E-state index contributed by atoms with van der Waals surface area (Å²) in [7, 11) is 0. The van der Waals surface area contributed by atoms with Crippen molar-refractivity contribution in [1.29, 1.82) is 0 Å². The van der Waals surface area contributed by atoms with Crippen molar-refractivity contribution in [2.45, 2.75) is 51.1 Å². The molecule has 2 atom stereocenters. The minimum atomic E-state index is -0.0519. The lowest BCUT2D eigenvalue weighted by atomic mass is 9.87. The summed E-state index contributed by atoms with van der Waals surface area (Å²) in [6, 6.07) is 8.26. The minimum Gasteiger partial charge on any atom is -0.314 e. The van der Waals surface area contributed by atoms with Crippen LogP contribution in [0.15, 0.2) is 24.3 Å². The lowest BCUT2D eigenvalue weighted by Gasteiger charge is -2.39. The van der Waals surface area contributed by atoms with E-state index in [9.17, 15) is 4.39 Å². The molecule has 2 aliphatic rings. The largest absolute Gasteiger partial charge is 0.314 e. The maximum Gasteiger partial charge on any atom is 0.127 e. The first-order valence-corrected chi connectivity index (χ1v) is 8.51. The van der Waals surface area contributed by atoms with Crippen molar-refractivity contribution < 1.29 is 4.39 Å². The number of piperidine rings is 1. The number of nitrogens with one attached hydrogen (secondary N) is 1. The topological polar surface area (TPSA) is 15.3 Å². The van der Waals surface area contributed by atoms with Gasteiger partial charge in [-0.3, -0.25) is 4.90 Å². The third-order valence-electron chi connectivity index (χ3n) is 5.33. The first-order valence-electron chi connectivity index (χ1n) is 8.51. The van der Waals surface area contributed by atoms with Gasteiger partial charge in [0.15, 0.2) is 0 Å². The molecule has 1 aromatic carbocycles. The number of rotatable bonds is 4. The molecule has 2 fully saturated rings. The standard InChI is InChI=1S/C18H27FN2/c1-2-18(15-6-3-4-7-16(15)19)21-12-9-14(10-13-21)17-8-5-11-20-17/h3-4,6-7,14,17-18,20H,2,5,8-13H2,1H3. The quantitative estimate of drug-likeness (QED) is 0.908. The Morgan fingerprint density at radius 3 is 2.62 bits per heavy atom. The van der Waals surface area contributed by atoms with Crippen molar-refractivity contribution in [2.75, 3.05) is 19.6 Å². The molecule has 116 valence electrons. The molecule has 0 spiro atoms. The van der Waals surface area contributed by atoms with Gasteiger partial charge in [-0.15, -0.1) is 0 Å². The van der Waals surface area contributed by atoms with Gasteiger partial charge in [-0.2, -0.15) is 0 Å². The fraction of sp³-hybridized carbons (Fsp3) is 0.667. The predicted molar refractivity (Wildman–Crippen MR) is 84.8 cm³/mol. The van der Waals surface area contributed by atoms with Gasteiger partial charge < -0.3 is 5.32 Å². The van der Waals surface area contributed by atoms with Crippen LogP contribution in [0.2, 0.25) is 0 Å². The second-order valence-corrected chi connectivity index (χ2v) is 6.52. The van der Waals surface area contributed by atoms with Crippen molar-refractivity contribution in [1.82, 2.24) is 10.2 Å². The molecule has 2 aliphatic heterocycles. The van der Waals surface area contributed by atoms with Gasteiger partial charge in [0.05, 0.1) is 0 Å². The fourth-order valence-corrected chi connectivity index (χ4v) is 4.17. The normalized spacial score (nSPS) is 26.1. The fourth-order valence-electron chi connectivity index (χ4n) is 4.17. The number of likely N-dealkylation sites (tertiary alicyclic amines) is 1. The highest BCUT2D eigenvalue weighted by atomic mass is 19.1. The highest BCUT2D eigenvalue weighted by Gasteiger charge is 2.31. The zero-order valence-electron chi connectivity index (χ0n) is 13.0. The SMILES string of the molecule is CCC(c1ccccc1F)N1CCC(C2CCCN2)CC1. The molecule has 2 nitrogen and oxygen atoms in total. The molecule has 3 rings (SSSR count). The van der Waals surface area contributed by atoms with E-state index in [1.54, 1.807) is 12.1 Å². The van der Waals surface area contributed by atoms with E-state index in [-0.39, 0.29) is 11.9 Å². The molecule has 0 amide bonds. The Morgan fingerprint density at radius 2 is 2.00 bits per heavy atom. The Balaban J connectivity index is 1.63. The maximum atomic E-state index is 14.1. The van der Waals surface area contributed by atoms with Crippen molar-refractivity contribution >= 4 is 0 Å². The average molecular weight is 290 g/mol. The van der Waals surface area contributed by atoms with E-state index in [0.717, 1.165) is 37.0 Å². The lowest BCUT2D eigenvalue weighted by molar-refractivity contribution is 0.114. The molecular formula is C18H27FN2. The van der Waals surface area contributed by atoms with Gasteiger partial charge in [0.2, 0.25) is 0 Å². The first-order chi connectivity index (χ1) is 10.3. The zero-order chi connectivity index (χ0) is 14.7. The van der Waals surface area contributed by atoms with Gasteiger partial charge in [0.1, 0.15) is 5.82 Å². The molecule has 0 aromatic heterocycles. The Bertz CT molecular complexity index is 448. The zero-order valence-corrected chi connectivity index (χ0v) is 13.0. The smallest absolute Gasteiger partial charge is 0.127 e. The molecule has 1 aromatic rings. The van der Waals surface area contributed by atoms with Gasteiger partial charge >= 0.3 is 0 Å². The van der Waals surface area contributed by atoms with E-state index in [0.29, 0.717) is 0 Å². The molecule has 2 heterocycles. The summed E-state index contributed by atoms with van der Waals surface area (Å²) in [5, 5.41) is 3.65. The van der Waals surface area contributed by atoms with Crippen molar-refractivity contribution in [3.8, 4) is 0 Å². The summed E-state index contributed by atoms with van der Waals surface area (Å²) in [6.07, 6.45) is 6.16. The summed E-state index contributed by atoms with van der Waals surface area (Å²) in [4.78, 5) is 2.49. The Labute approximate surface area is 127 Å². The lowest BCUT2D eigenvalue weighted by Crippen LogP contribution is -2.42. The van der Waals surface area contributed by atoms with Crippen LogP contribution < -0.4 is 5.32 Å². The van der Waals surface area contributed by atoms with E-state index in [2.05, 4.69) is 17.1 Å². The number of hydrogen-bond acceptors (Lipinski definition) is 2. The molecular weight excluding hydrogens is 263 g/mol. The van der Waals surface area contributed by atoms with Crippen LogP contribution in [0.4, 0.5) is 4.39 Å². The van der Waals surface area contributed by atoms with Gasteiger partial charge in [-0.25, -0.2) is 4.39 Å². The van der Waals surface area contributed by atoms with Crippen LogP contribution in [-0.2, 0) is 0 Å². The van der Waals surface area contributed by atoms with E-state index >= 15 is 0 Å². The third kappa shape index (κ3) is 3.29. The van der Waals surface area contributed by atoms with Gasteiger partial charge in [-0.05, 0) is 63.7 Å². The number of halogens is 1.